The van der Waals surface area contributed by atoms with Crippen LogP contribution in [0.5, 0.6) is 0 Å². The molecule has 0 aliphatic carbocycles. The van der Waals surface area contributed by atoms with E-state index < -0.39 is 128 Å². The zero-order chi connectivity index (χ0) is 30.8. The molecule has 38 heavy (non-hydrogen) atoms. The molecule has 26 heteroatoms. The largest absolute Gasteiger partial charge is 0.310 e. The van der Waals surface area contributed by atoms with Crippen LogP contribution in [0.2, 0.25) is 0 Å². The maximum absolute atomic E-state index is 13.0. The molecule has 0 amide bonds. The Balaban J connectivity index is 2.80. The Morgan fingerprint density at radius 1 is 0.289 bits per heavy atom. The van der Waals surface area contributed by atoms with E-state index in [1.54, 1.807) is 0 Å². The van der Waals surface area contributed by atoms with Crippen molar-refractivity contribution < 1.29 is 77.7 Å². The Labute approximate surface area is 205 Å². The molecule has 0 saturated heterocycles. The predicted octanol–water partition coefficient (Wildman–Crippen LogP) is 15.1. The summed E-state index contributed by atoms with van der Waals surface area (Å²) in [5.74, 6) is 0. The first-order valence-electron chi connectivity index (χ1n) is 7.94. The first kappa shape index (κ1) is 33.3. The van der Waals surface area contributed by atoms with Crippen LogP contribution in [0.4, 0.5) is 77.7 Å². The number of halogens is 20. The highest BCUT2D eigenvalue weighted by Crippen LogP contribution is 3.06. The van der Waals surface area contributed by atoms with Crippen LogP contribution >= 0.6 is 62.5 Å². The molecule has 0 unspecified atom stereocenters. The number of hydrogen-bond donors (Lipinski definition) is 0. The highest BCUT2D eigenvalue weighted by Gasteiger charge is 2.71. The Morgan fingerprint density at radius 2 is 0.447 bits per heavy atom. The van der Waals surface area contributed by atoms with Gasteiger partial charge < -0.3 is 0 Å². The monoisotopic (exact) mass is 722 g/mol. The third-order valence-electron chi connectivity index (χ3n) is 3.72. The third-order valence-corrected chi connectivity index (χ3v) is 10.6. The van der Waals surface area contributed by atoms with Crippen LogP contribution in [-0.4, -0.2) is 0 Å². The second kappa shape index (κ2) is 6.16. The van der Waals surface area contributed by atoms with Gasteiger partial charge in [0.1, 0.15) is 19.6 Å². The van der Waals surface area contributed by atoms with Crippen molar-refractivity contribution in [2.75, 3.05) is 0 Å². The summed E-state index contributed by atoms with van der Waals surface area (Å²) in [6.07, 6.45) is 0. The Morgan fingerprint density at radius 3 is 0.579 bits per heavy atom. The molecule has 230 valence electrons. The molecule has 0 aliphatic heterocycles. The highest BCUT2D eigenvalue weighted by molar-refractivity contribution is 8.76. The lowest BCUT2D eigenvalue weighted by atomic mass is 10.4. The zero-order valence-electron chi connectivity index (χ0n) is 16.5. The number of hydrogen-bond acceptors (Lipinski definition) is 2. The molecular weight excluding hydrogens is 716 g/mol. The van der Waals surface area contributed by atoms with Gasteiger partial charge in [0.05, 0.1) is 0 Å². The minimum Gasteiger partial charge on any atom is -0.0936 e. The van der Waals surface area contributed by atoms with Crippen molar-refractivity contribution in [1.29, 1.82) is 0 Å². The van der Waals surface area contributed by atoms with Gasteiger partial charge >= 0.3 is 40.9 Å². The molecule has 0 aromatic heterocycles. The van der Waals surface area contributed by atoms with Gasteiger partial charge in [-0.2, -0.15) is 0 Å². The normalized spacial score (nSPS) is 21.5. The average molecular weight is 723 g/mol. The van der Waals surface area contributed by atoms with Crippen LogP contribution in [0.15, 0.2) is 65.8 Å². The molecule has 0 saturated carbocycles. The lowest BCUT2D eigenvalue weighted by Gasteiger charge is -2.44. The van der Waals surface area contributed by atoms with Crippen LogP contribution in [0.25, 0.3) is 0 Å². The molecule has 0 nitrogen and oxygen atoms in total. The summed E-state index contributed by atoms with van der Waals surface area (Å²) in [6.45, 7) is 0. The molecule has 2 rings (SSSR count). The fraction of sp³-hybridized carbons (Fsp3) is 0. The topological polar surface area (TPSA) is 0 Å². The maximum Gasteiger partial charge on any atom is 0.310 e. The quantitative estimate of drug-likeness (QED) is 0.206. The van der Waals surface area contributed by atoms with E-state index in [9.17, 15) is 77.7 Å². The maximum atomic E-state index is 13.0. The Kier molecular flexibility index (Phi) is 5.40. The first-order valence-corrected chi connectivity index (χ1v) is 17.9. The molecule has 0 bridgehead atoms. The molecule has 0 fully saturated rings. The van der Waals surface area contributed by atoms with Crippen molar-refractivity contribution in [3.05, 3.63) is 36.4 Å². The van der Waals surface area contributed by atoms with Gasteiger partial charge in [-0.05, 0) is 36.4 Å². The van der Waals surface area contributed by atoms with E-state index in [4.69, 9.17) is 0 Å². The van der Waals surface area contributed by atoms with E-state index in [2.05, 4.69) is 0 Å². The van der Waals surface area contributed by atoms with Gasteiger partial charge in [0.15, 0.2) is 0 Å². The first-order chi connectivity index (χ1) is 15.3. The van der Waals surface area contributed by atoms with Crippen LogP contribution in [0, 0.1) is 0 Å². The molecule has 0 atom stereocenters. The fourth-order valence-electron chi connectivity index (χ4n) is 2.17. The van der Waals surface area contributed by atoms with Crippen LogP contribution in [-0.2, 0) is 0 Å². The molecular formula is C12H6F20S6. The van der Waals surface area contributed by atoms with Gasteiger partial charge in [-0.3, -0.25) is 0 Å². The third kappa shape index (κ3) is 8.82. The highest BCUT2D eigenvalue weighted by atomic mass is 33.1. The molecule has 2 aromatic carbocycles. The smallest absolute Gasteiger partial charge is 0.0936 e. The van der Waals surface area contributed by atoms with Gasteiger partial charge in [0, 0.05) is 9.79 Å². The van der Waals surface area contributed by atoms with Gasteiger partial charge in [-0.25, -0.2) is 0 Å². The van der Waals surface area contributed by atoms with Gasteiger partial charge in [0.25, 0.3) is 0 Å². The molecule has 0 radical (unpaired) electrons. The summed E-state index contributed by atoms with van der Waals surface area (Å²) in [6, 6.07) is -7.20. The standard InChI is InChI=1S/C12H6F20S6/c13-35(14,15,16,17)9-1-7(2-10(5-9)36(18,19,20,21)22)33-34-8-3-11(37(23,24,25,26)27)6-12(4-8)38(28,29,30,31)32/h1-6H. The summed E-state index contributed by atoms with van der Waals surface area (Å²) in [5.41, 5.74) is 0. The summed E-state index contributed by atoms with van der Waals surface area (Å²) < 4.78 is 260. The number of benzene rings is 2. The van der Waals surface area contributed by atoms with Crippen molar-refractivity contribution >= 4 is 62.5 Å². The molecule has 0 aliphatic rings. The van der Waals surface area contributed by atoms with Crippen molar-refractivity contribution in [3.63, 3.8) is 0 Å². The summed E-state index contributed by atoms with van der Waals surface area (Å²) >= 11 is 0. The van der Waals surface area contributed by atoms with E-state index in [1.165, 1.54) is 0 Å². The van der Waals surface area contributed by atoms with E-state index in [1.807, 2.05) is 0 Å². The lowest BCUT2D eigenvalue weighted by molar-refractivity contribution is 0.352. The van der Waals surface area contributed by atoms with E-state index in [0.29, 0.717) is 0 Å². The van der Waals surface area contributed by atoms with Crippen LogP contribution in [0.1, 0.15) is 0 Å². The Hall–Kier alpha value is -0.860. The van der Waals surface area contributed by atoms with Gasteiger partial charge in [0.2, 0.25) is 0 Å². The lowest BCUT2D eigenvalue weighted by Crippen LogP contribution is -2.11. The molecule has 0 spiro atoms. The second-order valence-electron chi connectivity index (χ2n) is 7.32. The van der Waals surface area contributed by atoms with Crippen molar-refractivity contribution in [3.8, 4) is 0 Å². The zero-order valence-corrected chi connectivity index (χ0v) is 21.4. The molecule has 0 heterocycles. The number of rotatable bonds is 7. The van der Waals surface area contributed by atoms with E-state index in [0.717, 1.165) is 0 Å². The van der Waals surface area contributed by atoms with Crippen LogP contribution < -0.4 is 0 Å². The minimum atomic E-state index is -11.2. The molecule has 0 N–H and O–H groups in total. The summed E-state index contributed by atoms with van der Waals surface area (Å²) in [5, 5.41) is 0. The minimum absolute atomic E-state index is 0.947. The predicted molar refractivity (Wildman–Crippen MR) is 110 cm³/mol. The molecule has 2 aromatic rings. The fourth-order valence-corrected chi connectivity index (χ4v) is 7.47. The van der Waals surface area contributed by atoms with E-state index in [-0.39, 0.29) is 0 Å². The Bertz CT molecular complexity index is 1140. The van der Waals surface area contributed by atoms with Crippen molar-refractivity contribution in [1.82, 2.24) is 0 Å². The second-order valence-corrected chi connectivity index (χ2v) is 19.2. The van der Waals surface area contributed by atoms with Crippen molar-refractivity contribution in [2.45, 2.75) is 29.4 Å². The van der Waals surface area contributed by atoms with Gasteiger partial charge in [-0.15, -0.1) is 0 Å². The van der Waals surface area contributed by atoms with Crippen LogP contribution in [0.3, 0.4) is 0 Å². The van der Waals surface area contributed by atoms with E-state index >= 15 is 0 Å². The van der Waals surface area contributed by atoms with Gasteiger partial charge in [-0.1, -0.05) is 99.3 Å². The SMILES string of the molecule is FS(F)(F)(F)(F)c1cc(SSc2cc(S(F)(F)(F)(F)F)cc(S(F)(F)(F)(F)F)c2)cc(S(F)(F)(F)(F)F)c1. The average Bonchev–Trinajstić information content (AvgIpc) is 2.51. The summed E-state index contributed by atoms with van der Waals surface area (Å²) in [4.78, 5) is -18.4. The van der Waals surface area contributed by atoms with Crippen molar-refractivity contribution in [2.24, 2.45) is 0 Å². The summed E-state index contributed by atoms with van der Waals surface area (Å²) in [7, 11) is -46.7.